The van der Waals surface area contributed by atoms with Crippen molar-refractivity contribution < 1.29 is 9.59 Å². The van der Waals surface area contributed by atoms with E-state index >= 15 is 0 Å². The van der Waals surface area contributed by atoms with E-state index in [0.717, 1.165) is 60.2 Å². The Morgan fingerprint density at radius 3 is 1.12 bits per heavy atom. The first kappa shape index (κ1) is 39.7. The molecule has 0 spiro atoms. The molecule has 0 heterocycles. The van der Waals surface area contributed by atoms with Crippen LogP contribution in [-0.4, -0.2) is 24.9 Å². The maximum atomic E-state index is 12.3. The van der Waals surface area contributed by atoms with Gasteiger partial charge in [-0.1, -0.05) is 136 Å². The summed E-state index contributed by atoms with van der Waals surface area (Å²) in [6, 6.07) is 0. The largest absolute Gasteiger partial charge is 0.356 e. The Balaban J connectivity index is 0.839. The highest BCUT2D eigenvalue weighted by Crippen LogP contribution is 2.55. The number of carbonyl (C=O) groups excluding carboxylic acids is 2. The Labute approximate surface area is 298 Å². The second kappa shape index (κ2) is 22.7. The summed E-state index contributed by atoms with van der Waals surface area (Å²) in [6.45, 7) is 8.05. The van der Waals surface area contributed by atoms with Crippen molar-refractivity contribution in [3.05, 3.63) is 0 Å². The quantitative estimate of drug-likeness (QED) is 0.0701. The molecule has 0 aromatic carbocycles. The molecule has 4 aliphatic rings. The average molecular weight is 669 g/mol. The van der Waals surface area contributed by atoms with E-state index < -0.39 is 0 Å². The van der Waals surface area contributed by atoms with E-state index in [1.54, 1.807) is 12.8 Å². The first-order chi connectivity index (χ1) is 23.5. The lowest BCUT2D eigenvalue weighted by molar-refractivity contribution is -0.121. The first-order valence-electron chi connectivity index (χ1n) is 22.0. The van der Waals surface area contributed by atoms with Gasteiger partial charge in [-0.05, 0) is 105 Å². The summed E-state index contributed by atoms with van der Waals surface area (Å²) in [5.41, 5.74) is 0. The smallest absolute Gasteiger partial charge is 0.220 e. The predicted molar refractivity (Wildman–Crippen MR) is 204 cm³/mol. The molecule has 4 saturated carbocycles. The highest BCUT2D eigenvalue weighted by Gasteiger charge is 2.45. The van der Waals surface area contributed by atoms with E-state index in [1.165, 1.54) is 141 Å². The summed E-state index contributed by atoms with van der Waals surface area (Å²) >= 11 is 0. The van der Waals surface area contributed by atoms with E-state index in [0.29, 0.717) is 25.9 Å². The minimum absolute atomic E-state index is 0.175. The molecule has 4 aliphatic carbocycles. The molecule has 0 radical (unpaired) electrons. The van der Waals surface area contributed by atoms with E-state index in [4.69, 9.17) is 0 Å². The number of carbonyl (C=O) groups is 2. The molecule has 0 saturated heterocycles. The van der Waals surface area contributed by atoms with Crippen molar-refractivity contribution >= 4 is 11.8 Å². The van der Waals surface area contributed by atoms with Crippen LogP contribution in [0.1, 0.15) is 201 Å². The van der Waals surface area contributed by atoms with Gasteiger partial charge in [0, 0.05) is 25.9 Å². The Bertz CT molecular complexity index is 819. The lowest BCUT2D eigenvalue weighted by Gasteiger charge is -2.14. The van der Waals surface area contributed by atoms with Crippen LogP contribution in [0.3, 0.4) is 0 Å². The molecular weight excluding hydrogens is 588 g/mol. The zero-order valence-electron chi connectivity index (χ0n) is 32.2. The highest BCUT2D eigenvalue weighted by molar-refractivity contribution is 5.76. The second-order valence-electron chi connectivity index (χ2n) is 17.8. The summed E-state index contributed by atoms with van der Waals surface area (Å²) in [5, 5.41) is 6.19. The number of rotatable bonds is 32. The fourth-order valence-electron chi connectivity index (χ4n) is 9.17. The van der Waals surface area contributed by atoms with Gasteiger partial charge in [-0.3, -0.25) is 9.59 Å². The minimum atomic E-state index is 0.175. The first-order valence-corrected chi connectivity index (χ1v) is 22.0. The van der Waals surface area contributed by atoms with Crippen molar-refractivity contribution in [3.63, 3.8) is 0 Å². The van der Waals surface area contributed by atoms with Crippen LogP contribution in [-0.2, 0) is 9.59 Å². The third-order valence-electron chi connectivity index (χ3n) is 13.1. The second-order valence-corrected chi connectivity index (χ2v) is 17.8. The van der Waals surface area contributed by atoms with Gasteiger partial charge in [0.1, 0.15) is 0 Å². The highest BCUT2D eigenvalue weighted by atomic mass is 16.2. The van der Waals surface area contributed by atoms with Gasteiger partial charge in [0.25, 0.3) is 0 Å². The summed E-state index contributed by atoms with van der Waals surface area (Å²) in [7, 11) is 0. The van der Waals surface area contributed by atoms with Crippen LogP contribution in [0.25, 0.3) is 0 Å². The molecule has 2 N–H and O–H groups in total. The maximum Gasteiger partial charge on any atom is 0.220 e. The van der Waals surface area contributed by atoms with Crippen molar-refractivity contribution in [2.24, 2.45) is 53.3 Å². The van der Waals surface area contributed by atoms with Crippen LogP contribution in [0.5, 0.6) is 0 Å². The molecule has 8 unspecified atom stereocenters. The molecule has 278 valence electrons. The number of hydrogen-bond donors (Lipinski definition) is 2. The predicted octanol–water partition coefficient (Wildman–Crippen LogP) is 11.8. The molecule has 4 nitrogen and oxygen atoms in total. The van der Waals surface area contributed by atoms with Gasteiger partial charge in [0.15, 0.2) is 0 Å². The van der Waals surface area contributed by atoms with Crippen molar-refractivity contribution in [3.8, 4) is 0 Å². The molecule has 0 aromatic heterocycles. The zero-order valence-corrected chi connectivity index (χ0v) is 32.2. The average Bonchev–Trinajstić information content (AvgIpc) is 3.90. The lowest BCUT2D eigenvalue weighted by Crippen LogP contribution is -2.35. The van der Waals surface area contributed by atoms with E-state index in [9.17, 15) is 9.59 Å². The van der Waals surface area contributed by atoms with Crippen LogP contribution in [0.15, 0.2) is 0 Å². The SMILES string of the molecule is CCCCCC1CC1CC1CC1CCCCCCCC(=O)NCC(C)CNC(=O)CCCCCCCC1CC1CC1CC1CCCCC. The molecule has 48 heavy (non-hydrogen) atoms. The van der Waals surface area contributed by atoms with Crippen LogP contribution >= 0.6 is 0 Å². The van der Waals surface area contributed by atoms with Crippen LogP contribution < -0.4 is 10.6 Å². The normalized spacial score (nSPS) is 29.0. The Hall–Kier alpha value is -1.06. The molecule has 8 atom stereocenters. The Morgan fingerprint density at radius 1 is 0.458 bits per heavy atom. The van der Waals surface area contributed by atoms with Gasteiger partial charge >= 0.3 is 0 Å². The van der Waals surface area contributed by atoms with Crippen molar-refractivity contribution in [2.75, 3.05) is 13.1 Å². The van der Waals surface area contributed by atoms with Gasteiger partial charge in [0.05, 0.1) is 0 Å². The van der Waals surface area contributed by atoms with Gasteiger partial charge in [-0.25, -0.2) is 0 Å². The van der Waals surface area contributed by atoms with Crippen LogP contribution in [0.4, 0.5) is 0 Å². The third-order valence-corrected chi connectivity index (χ3v) is 13.1. The molecule has 4 fully saturated rings. The van der Waals surface area contributed by atoms with E-state index in [-0.39, 0.29) is 17.7 Å². The van der Waals surface area contributed by atoms with Crippen molar-refractivity contribution in [2.45, 2.75) is 201 Å². The van der Waals surface area contributed by atoms with E-state index in [1.807, 2.05) is 0 Å². The standard InChI is InChI=1S/C44H80N2O2/c1-4-6-14-20-35-26-39(35)30-41-28-37(41)22-16-10-8-12-18-24-43(47)45-32-34(3)33-46-44(48)25-19-13-9-11-17-23-38-29-42(38)31-40-27-36(40)21-15-7-5-2/h34-42H,4-33H2,1-3H3,(H,45,47)(H,46,48). The van der Waals surface area contributed by atoms with Gasteiger partial charge in [-0.2, -0.15) is 0 Å². The summed E-state index contributed by atoms with van der Waals surface area (Å²) in [4.78, 5) is 24.6. The van der Waals surface area contributed by atoms with Gasteiger partial charge in [-0.15, -0.1) is 0 Å². The maximum absolute atomic E-state index is 12.3. The van der Waals surface area contributed by atoms with Crippen molar-refractivity contribution in [1.29, 1.82) is 0 Å². The monoisotopic (exact) mass is 669 g/mol. The molecule has 0 aromatic rings. The topological polar surface area (TPSA) is 58.2 Å². The number of nitrogens with one attached hydrogen (secondary N) is 2. The molecular formula is C44H80N2O2. The zero-order chi connectivity index (χ0) is 34.0. The number of amides is 2. The fourth-order valence-corrected chi connectivity index (χ4v) is 9.17. The summed E-state index contributed by atoms with van der Waals surface area (Å²) in [6.07, 6.45) is 37.3. The summed E-state index contributed by atoms with van der Waals surface area (Å²) < 4.78 is 0. The summed E-state index contributed by atoms with van der Waals surface area (Å²) in [5.74, 6) is 9.22. The number of hydrogen-bond acceptors (Lipinski definition) is 2. The molecule has 2 amide bonds. The Morgan fingerprint density at radius 2 is 0.771 bits per heavy atom. The molecule has 4 heteroatoms. The van der Waals surface area contributed by atoms with E-state index in [2.05, 4.69) is 31.4 Å². The Kier molecular flexibility index (Phi) is 18.8. The van der Waals surface area contributed by atoms with Crippen molar-refractivity contribution in [1.82, 2.24) is 10.6 Å². The molecule has 0 aliphatic heterocycles. The van der Waals surface area contributed by atoms with Gasteiger partial charge in [0.2, 0.25) is 11.8 Å². The molecule has 0 bridgehead atoms. The fraction of sp³-hybridized carbons (Fsp3) is 0.955. The molecule has 4 rings (SSSR count). The van der Waals surface area contributed by atoms with Crippen LogP contribution in [0.2, 0.25) is 0 Å². The van der Waals surface area contributed by atoms with Crippen LogP contribution in [0, 0.1) is 53.3 Å². The lowest BCUT2D eigenvalue weighted by atomic mass is 10.0. The third kappa shape index (κ3) is 17.2. The minimum Gasteiger partial charge on any atom is -0.356 e. The van der Waals surface area contributed by atoms with Gasteiger partial charge < -0.3 is 10.6 Å². The number of unbranched alkanes of at least 4 members (excludes halogenated alkanes) is 12.